The van der Waals surface area contributed by atoms with Crippen LogP contribution < -0.4 is 5.32 Å². The first-order valence-corrected chi connectivity index (χ1v) is 10.6. The molecule has 0 aromatic heterocycles. The van der Waals surface area contributed by atoms with Gasteiger partial charge < -0.3 is 10.4 Å². The maximum atomic E-state index is 11.3. The van der Waals surface area contributed by atoms with E-state index >= 15 is 0 Å². The zero-order valence-corrected chi connectivity index (χ0v) is 18.6. The van der Waals surface area contributed by atoms with Crippen molar-refractivity contribution in [2.45, 2.75) is 57.7 Å². The highest BCUT2D eigenvalue weighted by Gasteiger charge is 2.41. The van der Waals surface area contributed by atoms with Crippen LogP contribution in [0.4, 0.5) is 5.69 Å². The molecular formula is C25H29NO2S. The third-order valence-electron chi connectivity index (χ3n) is 5.90. The Labute approximate surface area is 179 Å². The number of thiol groups is 1. The van der Waals surface area contributed by atoms with Gasteiger partial charge in [0.25, 0.3) is 0 Å². The van der Waals surface area contributed by atoms with E-state index in [4.69, 9.17) is 12.6 Å². The molecule has 3 nitrogen and oxygen atoms in total. The van der Waals surface area contributed by atoms with E-state index in [-0.39, 0.29) is 10.7 Å². The average molecular weight is 408 g/mol. The van der Waals surface area contributed by atoms with Crippen LogP contribution >= 0.6 is 12.6 Å². The number of aromatic carboxylic acids is 1. The van der Waals surface area contributed by atoms with E-state index in [2.05, 4.69) is 57.0 Å². The molecule has 0 saturated heterocycles. The van der Waals surface area contributed by atoms with Crippen LogP contribution in [0.25, 0.3) is 0 Å². The first kappa shape index (κ1) is 21.3. The van der Waals surface area contributed by atoms with Crippen LogP contribution in [0.15, 0.2) is 36.4 Å². The first-order valence-electron chi connectivity index (χ1n) is 10.1. The molecule has 2 N–H and O–H groups in total. The van der Waals surface area contributed by atoms with E-state index in [0.717, 1.165) is 22.4 Å². The highest BCUT2D eigenvalue weighted by atomic mass is 32.1. The fourth-order valence-corrected chi connectivity index (χ4v) is 4.55. The van der Waals surface area contributed by atoms with Crippen molar-refractivity contribution in [1.82, 2.24) is 0 Å². The molecule has 1 aliphatic heterocycles. The summed E-state index contributed by atoms with van der Waals surface area (Å²) < 4.78 is 0. The molecule has 2 unspecified atom stereocenters. The molecule has 152 valence electrons. The summed E-state index contributed by atoms with van der Waals surface area (Å²) in [5.74, 6) is 6.03. The number of nitrogens with one attached hydrogen (secondary N) is 1. The summed E-state index contributed by atoms with van der Waals surface area (Å²) in [4.78, 5) is 11.3. The molecule has 29 heavy (non-hydrogen) atoms. The monoisotopic (exact) mass is 407 g/mol. The lowest BCUT2D eigenvalue weighted by Gasteiger charge is -2.45. The van der Waals surface area contributed by atoms with Crippen molar-refractivity contribution >= 4 is 24.3 Å². The Bertz CT molecular complexity index is 998. The van der Waals surface area contributed by atoms with Crippen LogP contribution in [0.1, 0.15) is 67.2 Å². The maximum absolute atomic E-state index is 11.3. The lowest BCUT2D eigenvalue weighted by Crippen LogP contribution is -2.49. The van der Waals surface area contributed by atoms with Gasteiger partial charge in [-0.05, 0) is 59.9 Å². The first-order chi connectivity index (χ1) is 13.6. The van der Waals surface area contributed by atoms with Crippen LogP contribution in [0, 0.1) is 17.8 Å². The molecule has 0 spiro atoms. The van der Waals surface area contributed by atoms with Crippen molar-refractivity contribution in [3.63, 3.8) is 0 Å². The van der Waals surface area contributed by atoms with Crippen molar-refractivity contribution in [2.75, 3.05) is 5.32 Å². The van der Waals surface area contributed by atoms with Gasteiger partial charge >= 0.3 is 5.97 Å². The Kier molecular flexibility index (Phi) is 6.00. The summed E-state index contributed by atoms with van der Waals surface area (Å²) in [6.45, 7) is 10.9. The fraction of sp³-hybridized carbons (Fsp3) is 0.400. The molecule has 0 fully saturated rings. The number of hydrogen-bond acceptors (Lipinski definition) is 3. The van der Waals surface area contributed by atoms with Crippen LogP contribution in [0.5, 0.6) is 0 Å². The Morgan fingerprint density at radius 2 is 1.79 bits per heavy atom. The van der Waals surface area contributed by atoms with Crippen LogP contribution in [0.3, 0.4) is 0 Å². The van der Waals surface area contributed by atoms with Gasteiger partial charge in [0.05, 0.1) is 5.56 Å². The number of hydrogen-bond donors (Lipinski definition) is 3. The number of fused-ring (bicyclic) bond motifs is 1. The number of carboxylic acids is 1. The number of rotatable bonds is 3. The standard InChI is InChI=1S/C25H29NO2S/c1-6-18-13-16(9-11-19(18)24(27)28)7-8-17-10-12-21-20(14-17)25(4,5)23(29)22(26-21)15(2)3/h9-15,22-23,26,29H,6H2,1-5H3,(H,27,28). The molecule has 2 atom stereocenters. The smallest absolute Gasteiger partial charge is 0.335 e. The number of aryl methyl sites for hydroxylation is 1. The van der Waals surface area contributed by atoms with Gasteiger partial charge in [-0.2, -0.15) is 12.6 Å². The van der Waals surface area contributed by atoms with Crippen molar-refractivity contribution in [3.05, 3.63) is 64.2 Å². The topological polar surface area (TPSA) is 49.3 Å². The van der Waals surface area contributed by atoms with Gasteiger partial charge in [0.2, 0.25) is 0 Å². The van der Waals surface area contributed by atoms with E-state index < -0.39 is 5.97 Å². The Morgan fingerprint density at radius 3 is 2.38 bits per heavy atom. The Morgan fingerprint density at radius 1 is 1.17 bits per heavy atom. The molecule has 1 heterocycles. The second kappa shape index (κ2) is 8.16. The molecule has 0 bridgehead atoms. The highest BCUT2D eigenvalue weighted by Crippen LogP contribution is 2.43. The van der Waals surface area contributed by atoms with Crippen molar-refractivity contribution in [2.24, 2.45) is 5.92 Å². The molecule has 0 aliphatic carbocycles. The molecule has 1 aliphatic rings. The lowest BCUT2D eigenvalue weighted by molar-refractivity contribution is 0.0695. The van der Waals surface area contributed by atoms with Gasteiger partial charge in [0.15, 0.2) is 0 Å². The summed E-state index contributed by atoms with van der Waals surface area (Å²) in [6.07, 6.45) is 0.663. The molecule has 0 radical (unpaired) electrons. The summed E-state index contributed by atoms with van der Waals surface area (Å²) >= 11 is 4.95. The minimum Gasteiger partial charge on any atom is -0.478 e. The van der Waals surface area contributed by atoms with E-state index in [1.807, 2.05) is 19.1 Å². The van der Waals surface area contributed by atoms with Crippen LogP contribution in [-0.2, 0) is 11.8 Å². The van der Waals surface area contributed by atoms with Gasteiger partial charge in [0, 0.05) is 33.5 Å². The van der Waals surface area contributed by atoms with E-state index in [1.54, 1.807) is 12.1 Å². The molecule has 2 aromatic carbocycles. The number of anilines is 1. The summed E-state index contributed by atoms with van der Waals surface area (Å²) in [5.41, 5.74) is 5.24. The predicted molar refractivity (Wildman–Crippen MR) is 123 cm³/mol. The summed E-state index contributed by atoms with van der Waals surface area (Å²) in [7, 11) is 0. The lowest BCUT2D eigenvalue weighted by atomic mass is 9.72. The zero-order valence-electron chi connectivity index (χ0n) is 17.7. The average Bonchev–Trinajstić information content (AvgIpc) is 2.68. The molecular weight excluding hydrogens is 378 g/mol. The van der Waals surface area contributed by atoms with E-state index in [0.29, 0.717) is 23.9 Å². The third-order valence-corrected chi connectivity index (χ3v) is 6.87. The quantitative estimate of drug-likeness (QED) is 0.473. The van der Waals surface area contributed by atoms with Gasteiger partial charge in [-0.15, -0.1) is 0 Å². The van der Waals surface area contributed by atoms with Crippen molar-refractivity contribution in [3.8, 4) is 11.8 Å². The van der Waals surface area contributed by atoms with Crippen molar-refractivity contribution in [1.29, 1.82) is 0 Å². The number of benzene rings is 2. The minimum absolute atomic E-state index is 0.0746. The largest absolute Gasteiger partial charge is 0.478 e. The molecule has 2 aromatic rings. The predicted octanol–water partition coefficient (Wildman–Crippen LogP) is 5.37. The fourth-order valence-electron chi connectivity index (χ4n) is 4.00. The zero-order chi connectivity index (χ0) is 21.3. The third kappa shape index (κ3) is 4.16. The summed E-state index contributed by atoms with van der Waals surface area (Å²) in [5, 5.41) is 13.1. The van der Waals surface area contributed by atoms with Gasteiger partial charge in [-0.25, -0.2) is 4.79 Å². The summed E-state index contributed by atoms with van der Waals surface area (Å²) in [6, 6.07) is 11.9. The second-order valence-corrected chi connectivity index (χ2v) is 9.18. The van der Waals surface area contributed by atoms with E-state index in [9.17, 15) is 9.90 Å². The van der Waals surface area contributed by atoms with Crippen LogP contribution in [0.2, 0.25) is 0 Å². The normalized spacial score (nSPS) is 19.7. The Balaban J connectivity index is 1.95. The Hall–Kier alpha value is -2.38. The highest BCUT2D eigenvalue weighted by molar-refractivity contribution is 7.81. The van der Waals surface area contributed by atoms with Crippen LogP contribution in [-0.4, -0.2) is 22.4 Å². The van der Waals surface area contributed by atoms with Crippen molar-refractivity contribution < 1.29 is 9.90 Å². The molecule has 4 heteroatoms. The number of carboxylic acid groups (broad SMARTS) is 1. The van der Waals surface area contributed by atoms with E-state index in [1.165, 1.54) is 5.56 Å². The second-order valence-electron chi connectivity index (χ2n) is 8.62. The maximum Gasteiger partial charge on any atom is 0.335 e. The molecule has 3 rings (SSSR count). The number of carbonyl (C=O) groups is 1. The molecule has 0 saturated carbocycles. The minimum atomic E-state index is -0.896. The molecule has 0 amide bonds. The van der Waals surface area contributed by atoms with Gasteiger partial charge in [-0.3, -0.25) is 0 Å². The van der Waals surface area contributed by atoms with Gasteiger partial charge in [-0.1, -0.05) is 46.5 Å². The SMILES string of the molecule is CCc1cc(C#Cc2ccc3c(c2)C(C)(C)C(S)C(C(C)C)N3)ccc1C(=O)O. The van der Waals surface area contributed by atoms with Gasteiger partial charge in [0.1, 0.15) is 0 Å².